The van der Waals surface area contributed by atoms with E-state index in [4.69, 9.17) is 5.26 Å². The molecule has 1 fully saturated rings. The zero-order valence-electron chi connectivity index (χ0n) is 13.3. The van der Waals surface area contributed by atoms with Crippen LogP contribution in [0, 0.1) is 11.3 Å². The van der Waals surface area contributed by atoms with Crippen LogP contribution in [-0.4, -0.2) is 26.3 Å². The molecule has 0 bridgehead atoms. The standard InChI is InChI=1S/C18H18N6/c19-9-5-11-24-18-15(12-22-24)17(20-13-21-18)23-10-4-8-16(23)14-6-2-1-3-7-14/h1-3,6-7,12-13,16H,4-5,8,10-11H2. The van der Waals surface area contributed by atoms with Crippen LogP contribution in [0.25, 0.3) is 11.0 Å². The molecule has 1 aliphatic rings. The Kier molecular flexibility index (Phi) is 3.83. The zero-order chi connectivity index (χ0) is 16.4. The van der Waals surface area contributed by atoms with Gasteiger partial charge in [-0.1, -0.05) is 30.3 Å². The first kappa shape index (κ1) is 14.6. The fraction of sp³-hybridized carbons (Fsp3) is 0.333. The maximum atomic E-state index is 8.79. The van der Waals surface area contributed by atoms with Crippen LogP contribution in [0.4, 0.5) is 5.82 Å². The monoisotopic (exact) mass is 318 g/mol. The fourth-order valence-corrected chi connectivity index (χ4v) is 3.47. The summed E-state index contributed by atoms with van der Waals surface area (Å²) < 4.78 is 1.79. The molecule has 0 N–H and O–H groups in total. The summed E-state index contributed by atoms with van der Waals surface area (Å²) in [6, 6.07) is 13.1. The van der Waals surface area contributed by atoms with Gasteiger partial charge in [-0.2, -0.15) is 10.4 Å². The summed E-state index contributed by atoms with van der Waals surface area (Å²) in [4.78, 5) is 11.3. The second kappa shape index (κ2) is 6.28. The molecule has 3 heterocycles. The summed E-state index contributed by atoms with van der Waals surface area (Å²) in [6.07, 6.45) is 6.11. The van der Waals surface area contributed by atoms with Crippen molar-refractivity contribution in [2.24, 2.45) is 0 Å². The van der Waals surface area contributed by atoms with Crippen LogP contribution in [0.1, 0.15) is 30.9 Å². The third kappa shape index (κ3) is 2.48. The number of hydrogen-bond donors (Lipinski definition) is 0. The summed E-state index contributed by atoms with van der Waals surface area (Å²) in [7, 11) is 0. The Balaban J connectivity index is 1.73. The van der Waals surface area contributed by atoms with Crippen molar-refractivity contribution in [3.63, 3.8) is 0 Å². The van der Waals surface area contributed by atoms with E-state index in [9.17, 15) is 0 Å². The molecule has 0 saturated carbocycles. The molecule has 1 saturated heterocycles. The number of rotatable bonds is 4. The van der Waals surface area contributed by atoms with Crippen molar-refractivity contribution in [2.45, 2.75) is 31.8 Å². The summed E-state index contributed by atoms with van der Waals surface area (Å²) in [5.41, 5.74) is 2.12. The maximum Gasteiger partial charge on any atom is 0.163 e. The molecular weight excluding hydrogens is 300 g/mol. The quantitative estimate of drug-likeness (QED) is 0.739. The molecule has 24 heavy (non-hydrogen) atoms. The Labute approximate surface area is 140 Å². The molecule has 1 atom stereocenters. The lowest BCUT2D eigenvalue weighted by molar-refractivity contribution is 0.643. The van der Waals surface area contributed by atoms with Crippen LogP contribution in [0.5, 0.6) is 0 Å². The highest BCUT2D eigenvalue weighted by molar-refractivity contribution is 5.87. The van der Waals surface area contributed by atoms with Gasteiger partial charge in [-0.25, -0.2) is 14.6 Å². The minimum atomic E-state index is 0.340. The third-order valence-corrected chi connectivity index (χ3v) is 4.56. The van der Waals surface area contributed by atoms with Gasteiger partial charge < -0.3 is 4.90 Å². The summed E-state index contributed by atoms with van der Waals surface area (Å²) in [6.45, 7) is 1.54. The lowest BCUT2D eigenvalue weighted by Crippen LogP contribution is -2.23. The highest BCUT2D eigenvalue weighted by atomic mass is 15.3. The van der Waals surface area contributed by atoms with Crippen LogP contribution in [0.15, 0.2) is 42.9 Å². The van der Waals surface area contributed by atoms with Crippen molar-refractivity contribution in [2.75, 3.05) is 11.4 Å². The lowest BCUT2D eigenvalue weighted by Gasteiger charge is -2.26. The molecule has 6 heteroatoms. The minimum Gasteiger partial charge on any atom is -0.349 e. The highest BCUT2D eigenvalue weighted by Crippen LogP contribution is 2.37. The van der Waals surface area contributed by atoms with E-state index in [-0.39, 0.29) is 0 Å². The summed E-state index contributed by atoms with van der Waals surface area (Å²) in [5.74, 6) is 0.939. The first-order valence-electron chi connectivity index (χ1n) is 8.23. The predicted molar refractivity (Wildman–Crippen MR) is 91.3 cm³/mol. The number of aromatic nitrogens is 4. The lowest BCUT2D eigenvalue weighted by atomic mass is 10.0. The van der Waals surface area contributed by atoms with Gasteiger partial charge in [-0.3, -0.25) is 0 Å². The Hall–Kier alpha value is -2.94. The Bertz CT molecular complexity index is 879. The Morgan fingerprint density at radius 1 is 1.21 bits per heavy atom. The van der Waals surface area contributed by atoms with Gasteiger partial charge >= 0.3 is 0 Å². The van der Waals surface area contributed by atoms with Gasteiger partial charge in [0, 0.05) is 6.54 Å². The molecule has 0 amide bonds. The maximum absolute atomic E-state index is 8.79. The number of anilines is 1. The number of aryl methyl sites for hydroxylation is 1. The largest absolute Gasteiger partial charge is 0.349 e. The first-order chi connectivity index (χ1) is 11.9. The summed E-state index contributed by atoms with van der Waals surface area (Å²) >= 11 is 0. The second-order valence-electron chi connectivity index (χ2n) is 5.97. The number of fused-ring (bicyclic) bond motifs is 1. The minimum absolute atomic E-state index is 0.340. The van der Waals surface area contributed by atoms with E-state index in [1.54, 1.807) is 11.0 Å². The smallest absolute Gasteiger partial charge is 0.163 e. The van der Waals surface area contributed by atoms with E-state index in [2.05, 4.69) is 50.3 Å². The van der Waals surface area contributed by atoms with Gasteiger partial charge in [-0.05, 0) is 18.4 Å². The van der Waals surface area contributed by atoms with E-state index < -0.39 is 0 Å². The van der Waals surface area contributed by atoms with Gasteiger partial charge in [0.1, 0.15) is 12.1 Å². The van der Waals surface area contributed by atoms with Crippen molar-refractivity contribution in [3.8, 4) is 6.07 Å². The molecule has 1 unspecified atom stereocenters. The highest BCUT2D eigenvalue weighted by Gasteiger charge is 2.28. The SMILES string of the molecule is N#CCCn1ncc2c(N3CCCC3c3ccccc3)ncnc21. The Morgan fingerprint density at radius 3 is 2.92 bits per heavy atom. The van der Waals surface area contributed by atoms with E-state index in [0.29, 0.717) is 19.0 Å². The molecule has 2 aromatic heterocycles. The van der Waals surface area contributed by atoms with Gasteiger partial charge in [0.15, 0.2) is 5.65 Å². The Morgan fingerprint density at radius 2 is 2.08 bits per heavy atom. The van der Waals surface area contributed by atoms with Crippen LogP contribution in [0.2, 0.25) is 0 Å². The molecule has 120 valence electrons. The molecule has 3 aromatic rings. The molecule has 1 aliphatic heterocycles. The number of hydrogen-bond acceptors (Lipinski definition) is 5. The van der Waals surface area contributed by atoms with E-state index in [0.717, 1.165) is 36.2 Å². The van der Waals surface area contributed by atoms with Gasteiger partial charge in [0.05, 0.1) is 36.7 Å². The number of nitriles is 1. The molecule has 0 aliphatic carbocycles. The van der Waals surface area contributed by atoms with E-state index in [1.165, 1.54) is 5.56 Å². The normalized spacial score (nSPS) is 17.3. The van der Waals surface area contributed by atoms with Crippen LogP contribution >= 0.6 is 0 Å². The van der Waals surface area contributed by atoms with Crippen LogP contribution in [0.3, 0.4) is 0 Å². The zero-order valence-corrected chi connectivity index (χ0v) is 13.3. The van der Waals surface area contributed by atoms with Gasteiger partial charge in [-0.15, -0.1) is 0 Å². The van der Waals surface area contributed by atoms with Crippen molar-refractivity contribution in [3.05, 3.63) is 48.4 Å². The molecule has 0 spiro atoms. The van der Waals surface area contributed by atoms with Gasteiger partial charge in [0.25, 0.3) is 0 Å². The average molecular weight is 318 g/mol. The summed E-state index contributed by atoms with van der Waals surface area (Å²) in [5, 5.41) is 14.1. The van der Waals surface area contributed by atoms with Crippen LogP contribution in [-0.2, 0) is 6.54 Å². The molecule has 6 nitrogen and oxygen atoms in total. The molecular formula is C18H18N6. The third-order valence-electron chi connectivity index (χ3n) is 4.56. The predicted octanol–water partition coefficient (Wildman–Crippen LogP) is 3.08. The second-order valence-corrected chi connectivity index (χ2v) is 5.97. The van der Waals surface area contributed by atoms with Crippen molar-refractivity contribution >= 4 is 16.9 Å². The van der Waals surface area contributed by atoms with Crippen molar-refractivity contribution < 1.29 is 0 Å². The number of benzene rings is 1. The first-order valence-corrected chi connectivity index (χ1v) is 8.23. The van der Waals surface area contributed by atoms with Crippen molar-refractivity contribution in [1.29, 1.82) is 5.26 Å². The average Bonchev–Trinajstić information content (AvgIpc) is 3.27. The number of nitrogens with zero attached hydrogens (tertiary/aromatic N) is 6. The molecule has 4 rings (SSSR count). The topological polar surface area (TPSA) is 70.6 Å². The molecule has 1 aromatic carbocycles. The molecule has 0 radical (unpaired) electrons. The fourth-order valence-electron chi connectivity index (χ4n) is 3.47. The van der Waals surface area contributed by atoms with Crippen molar-refractivity contribution in [1.82, 2.24) is 19.7 Å². The van der Waals surface area contributed by atoms with E-state index in [1.807, 2.05) is 12.3 Å². The van der Waals surface area contributed by atoms with Crippen LogP contribution < -0.4 is 4.90 Å². The van der Waals surface area contributed by atoms with Gasteiger partial charge in [0.2, 0.25) is 0 Å². The van der Waals surface area contributed by atoms with E-state index >= 15 is 0 Å².